The van der Waals surface area contributed by atoms with Crippen LogP contribution in [0.25, 0.3) is 16.3 Å². The van der Waals surface area contributed by atoms with Crippen LogP contribution in [0.3, 0.4) is 0 Å². The number of benzene rings is 2. The number of aromatic nitrogens is 1. The third-order valence-electron chi connectivity index (χ3n) is 4.71. The minimum Gasteiger partial charge on any atom is -0.423 e. The van der Waals surface area contributed by atoms with Crippen molar-refractivity contribution in [3.63, 3.8) is 0 Å². The summed E-state index contributed by atoms with van der Waals surface area (Å²) in [5, 5.41) is 11.7. The standard InChI is InChI=1S/C21H19N3O4S/c25-20(11-6-15-4-7-16(8-5-15)24(26)27)28-17-9-10-18-19(14-17)29-21(22-18)23-12-2-1-3-13-23/h4-11,14H,1-3,12-13H2. The molecule has 7 nitrogen and oxygen atoms in total. The fraction of sp³-hybridized carbons (Fsp3) is 0.238. The number of nitro benzene ring substituents is 1. The molecule has 0 radical (unpaired) electrons. The molecule has 0 spiro atoms. The second-order valence-corrected chi connectivity index (χ2v) is 7.79. The zero-order valence-electron chi connectivity index (χ0n) is 15.6. The summed E-state index contributed by atoms with van der Waals surface area (Å²) in [6.07, 6.45) is 6.53. The number of rotatable bonds is 5. The van der Waals surface area contributed by atoms with E-state index in [4.69, 9.17) is 9.72 Å². The summed E-state index contributed by atoms with van der Waals surface area (Å²) in [5.41, 5.74) is 1.58. The number of fused-ring (bicyclic) bond motifs is 1. The molecular weight excluding hydrogens is 390 g/mol. The average molecular weight is 409 g/mol. The SMILES string of the molecule is O=C(C=Cc1ccc([N+](=O)[O-])cc1)Oc1ccc2nc(N3CCCCC3)sc2c1. The van der Waals surface area contributed by atoms with E-state index >= 15 is 0 Å². The van der Waals surface area contributed by atoms with Gasteiger partial charge in [0.1, 0.15) is 5.75 Å². The summed E-state index contributed by atoms with van der Waals surface area (Å²) in [4.78, 5) is 29.3. The highest BCUT2D eigenvalue weighted by Gasteiger charge is 2.15. The van der Waals surface area contributed by atoms with Gasteiger partial charge in [-0.05, 0) is 55.2 Å². The minimum absolute atomic E-state index is 0.00603. The number of ether oxygens (including phenoxy) is 1. The van der Waals surface area contributed by atoms with Gasteiger partial charge in [0, 0.05) is 37.4 Å². The van der Waals surface area contributed by atoms with Crippen molar-refractivity contribution in [2.45, 2.75) is 19.3 Å². The van der Waals surface area contributed by atoms with Gasteiger partial charge in [-0.2, -0.15) is 0 Å². The summed E-state index contributed by atoms with van der Waals surface area (Å²) in [6.45, 7) is 2.07. The summed E-state index contributed by atoms with van der Waals surface area (Å²) in [7, 11) is 0. The lowest BCUT2D eigenvalue weighted by atomic mass is 10.1. The molecule has 1 fully saturated rings. The Hall–Kier alpha value is -3.26. The fourth-order valence-corrected chi connectivity index (χ4v) is 4.24. The van der Waals surface area contributed by atoms with Crippen molar-refractivity contribution in [1.82, 2.24) is 4.98 Å². The number of piperidine rings is 1. The number of carbonyl (C=O) groups is 1. The van der Waals surface area contributed by atoms with Crippen molar-refractivity contribution in [3.8, 4) is 5.75 Å². The zero-order chi connectivity index (χ0) is 20.2. The number of esters is 1. The van der Waals surface area contributed by atoms with E-state index in [9.17, 15) is 14.9 Å². The molecule has 0 unspecified atom stereocenters. The molecule has 0 atom stereocenters. The summed E-state index contributed by atoms with van der Waals surface area (Å²) in [6, 6.07) is 11.4. The zero-order valence-corrected chi connectivity index (χ0v) is 16.4. The fourth-order valence-electron chi connectivity index (χ4n) is 3.20. The van der Waals surface area contributed by atoms with Crippen LogP contribution in [-0.4, -0.2) is 29.0 Å². The molecule has 0 saturated carbocycles. The molecule has 4 rings (SSSR count). The van der Waals surface area contributed by atoms with E-state index in [0.717, 1.165) is 28.4 Å². The smallest absolute Gasteiger partial charge is 0.336 e. The molecule has 0 bridgehead atoms. The summed E-state index contributed by atoms with van der Waals surface area (Å²) >= 11 is 1.61. The second-order valence-electron chi connectivity index (χ2n) is 6.78. The van der Waals surface area contributed by atoms with Crippen LogP contribution in [0.5, 0.6) is 5.75 Å². The van der Waals surface area contributed by atoms with E-state index in [0.29, 0.717) is 11.3 Å². The van der Waals surface area contributed by atoms with Gasteiger partial charge < -0.3 is 9.64 Å². The van der Waals surface area contributed by atoms with Gasteiger partial charge in [0.25, 0.3) is 5.69 Å². The van der Waals surface area contributed by atoms with Gasteiger partial charge in [-0.1, -0.05) is 11.3 Å². The summed E-state index contributed by atoms with van der Waals surface area (Å²) in [5.74, 6) is -0.0480. The van der Waals surface area contributed by atoms with Crippen molar-refractivity contribution >= 4 is 44.4 Å². The first kappa shape index (κ1) is 19.1. The Morgan fingerprint density at radius 3 is 2.62 bits per heavy atom. The number of nitrogens with zero attached hydrogens (tertiary/aromatic N) is 3. The molecule has 0 amide bonds. The number of anilines is 1. The average Bonchev–Trinajstić information content (AvgIpc) is 3.17. The number of thiazole rings is 1. The van der Waals surface area contributed by atoms with E-state index in [1.807, 2.05) is 12.1 Å². The Labute approximate surface area is 171 Å². The van der Waals surface area contributed by atoms with Crippen LogP contribution in [0.4, 0.5) is 10.8 Å². The van der Waals surface area contributed by atoms with Crippen LogP contribution < -0.4 is 9.64 Å². The second kappa shape index (κ2) is 8.40. The van der Waals surface area contributed by atoms with E-state index in [1.165, 1.54) is 37.5 Å². The summed E-state index contributed by atoms with van der Waals surface area (Å²) < 4.78 is 6.37. The van der Waals surface area contributed by atoms with Crippen LogP contribution in [0.1, 0.15) is 24.8 Å². The molecule has 148 valence electrons. The Bertz CT molecular complexity index is 1070. The largest absolute Gasteiger partial charge is 0.423 e. The quantitative estimate of drug-likeness (QED) is 0.198. The number of non-ortho nitro benzene ring substituents is 1. The van der Waals surface area contributed by atoms with Crippen molar-refractivity contribution in [3.05, 3.63) is 64.2 Å². The predicted octanol–water partition coefficient (Wildman–Crippen LogP) is 4.81. The first-order valence-electron chi connectivity index (χ1n) is 9.38. The molecular formula is C21H19N3O4S. The van der Waals surface area contributed by atoms with Gasteiger partial charge in [-0.15, -0.1) is 0 Å². The number of nitro groups is 1. The van der Waals surface area contributed by atoms with Crippen molar-refractivity contribution in [2.24, 2.45) is 0 Å². The molecule has 1 aliphatic heterocycles. The maximum absolute atomic E-state index is 12.1. The van der Waals surface area contributed by atoms with Crippen LogP contribution in [-0.2, 0) is 4.79 Å². The van der Waals surface area contributed by atoms with Gasteiger partial charge in [0.15, 0.2) is 5.13 Å². The van der Waals surface area contributed by atoms with Crippen molar-refractivity contribution < 1.29 is 14.5 Å². The number of hydrogen-bond donors (Lipinski definition) is 0. The maximum Gasteiger partial charge on any atom is 0.336 e. The molecule has 1 aliphatic rings. The molecule has 8 heteroatoms. The predicted molar refractivity (Wildman–Crippen MR) is 113 cm³/mol. The van der Waals surface area contributed by atoms with E-state index in [1.54, 1.807) is 35.6 Å². The topological polar surface area (TPSA) is 85.6 Å². The monoisotopic (exact) mass is 409 g/mol. The first-order valence-corrected chi connectivity index (χ1v) is 10.2. The highest BCUT2D eigenvalue weighted by atomic mass is 32.1. The molecule has 0 aliphatic carbocycles. The van der Waals surface area contributed by atoms with E-state index in [-0.39, 0.29) is 5.69 Å². The van der Waals surface area contributed by atoms with Gasteiger partial charge in [0.2, 0.25) is 0 Å². The van der Waals surface area contributed by atoms with Gasteiger partial charge in [-0.25, -0.2) is 9.78 Å². The third-order valence-corrected chi connectivity index (χ3v) is 5.79. The lowest BCUT2D eigenvalue weighted by molar-refractivity contribution is -0.384. The lowest BCUT2D eigenvalue weighted by Crippen LogP contribution is -2.29. The Morgan fingerprint density at radius 1 is 1.14 bits per heavy atom. The van der Waals surface area contributed by atoms with Crippen molar-refractivity contribution in [2.75, 3.05) is 18.0 Å². The van der Waals surface area contributed by atoms with E-state index in [2.05, 4.69) is 4.90 Å². The first-order chi connectivity index (χ1) is 14.1. The Morgan fingerprint density at radius 2 is 1.90 bits per heavy atom. The minimum atomic E-state index is -0.511. The van der Waals surface area contributed by atoms with Crippen LogP contribution >= 0.6 is 11.3 Å². The highest BCUT2D eigenvalue weighted by molar-refractivity contribution is 7.22. The van der Waals surface area contributed by atoms with E-state index < -0.39 is 10.9 Å². The van der Waals surface area contributed by atoms with Crippen LogP contribution in [0.2, 0.25) is 0 Å². The van der Waals surface area contributed by atoms with Crippen LogP contribution in [0, 0.1) is 10.1 Å². The van der Waals surface area contributed by atoms with Crippen molar-refractivity contribution in [1.29, 1.82) is 0 Å². The molecule has 29 heavy (non-hydrogen) atoms. The molecule has 2 heterocycles. The lowest BCUT2D eigenvalue weighted by Gasteiger charge is -2.25. The molecule has 1 aromatic heterocycles. The Kier molecular flexibility index (Phi) is 5.53. The highest BCUT2D eigenvalue weighted by Crippen LogP contribution is 2.32. The third kappa shape index (κ3) is 4.60. The van der Waals surface area contributed by atoms with Gasteiger partial charge in [0.05, 0.1) is 15.1 Å². The molecule has 0 N–H and O–H groups in total. The number of carbonyl (C=O) groups excluding carboxylic acids is 1. The Balaban J connectivity index is 1.42. The maximum atomic E-state index is 12.1. The van der Waals surface area contributed by atoms with Gasteiger partial charge in [-0.3, -0.25) is 10.1 Å². The van der Waals surface area contributed by atoms with Crippen LogP contribution in [0.15, 0.2) is 48.5 Å². The molecule has 2 aromatic carbocycles. The normalized spacial score (nSPS) is 14.4. The molecule has 1 saturated heterocycles. The number of hydrogen-bond acceptors (Lipinski definition) is 7. The molecule has 3 aromatic rings. The van der Waals surface area contributed by atoms with Gasteiger partial charge >= 0.3 is 5.97 Å².